The van der Waals surface area contributed by atoms with Crippen LogP contribution in [0.25, 0.3) is 72.0 Å². The van der Waals surface area contributed by atoms with Crippen molar-refractivity contribution in [3.05, 3.63) is 318 Å². The molecule has 16 rings (SSSR count). The summed E-state index contributed by atoms with van der Waals surface area (Å²) in [6, 6.07) is 106. The van der Waals surface area contributed by atoms with E-state index in [4.69, 9.17) is 0 Å². The second-order valence-electron chi connectivity index (χ2n) is 22.0. The molecule has 0 bridgehead atoms. The minimum Gasteiger partial charge on any atom is -0.310 e. The number of aromatic nitrogens is 1. The lowest BCUT2D eigenvalue weighted by molar-refractivity contribution is 0.632. The van der Waals surface area contributed by atoms with E-state index in [1.54, 1.807) is 0 Å². The number of anilines is 6. The number of hydrogen-bond acceptors (Lipinski definition) is 2. The summed E-state index contributed by atoms with van der Waals surface area (Å²) < 4.78 is 2.44. The van der Waals surface area contributed by atoms with Gasteiger partial charge < -0.3 is 14.4 Å². The second-order valence-corrected chi connectivity index (χ2v) is 22.0. The van der Waals surface area contributed by atoms with Crippen molar-refractivity contribution in [2.24, 2.45) is 0 Å². The third kappa shape index (κ3) is 6.60. The topological polar surface area (TPSA) is 11.4 Å². The van der Waals surface area contributed by atoms with Gasteiger partial charge in [-0.15, -0.1) is 0 Å². The molecule has 3 aliphatic rings. The molecule has 1 spiro atoms. The Labute approximate surface area is 461 Å². The monoisotopic (exact) mass is 1010 g/mol. The third-order valence-electron chi connectivity index (χ3n) is 17.6. The van der Waals surface area contributed by atoms with Crippen molar-refractivity contribution >= 4 is 55.9 Å². The lowest BCUT2D eigenvalue weighted by atomic mass is 9.70. The van der Waals surface area contributed by atoms with Crippen LogP contribution >= 0.6 is 0 Å². The molecule has 12 aromatic carbocycles. The quantitative estimate of drug-likeness (QED) is 0.158. The second kappa shape index (κ2) is 17.3. The summed E-state index contributed by atoms with van der Waals surface area (Å²) in [6.45, 7) is 4.75. The molecule has 0 radical (unpaired) electrons. The lowest BCUT2D eigenvalue weighted by Gasteiger charge is -2.42. The zero-order valence-corrected chi connectivity index (χ0v) is 44.0. The Bertz CT molecular complexity index is 4510. The summed E-state index contributed by atoms with van der Waals surface area (Å²) in [5.74, 6) is 0. The molecule has 0 saturated carbocycles. The highest BCUT2D eigenvalue weighted by Gasteiger charge is 2.51. The molecular weight excluding hydrogens is 955 g/mol. The summed E-state index contributed by atoms with van der Waals surface area (Å²) >= 11 is 0. The van der Waals surface area contributed by atoms with Crippen LogP contribution in [0, 0.1) is 0 Å². The van der Waals surface area contributed by atoms with Gasteiger partial charge in [-0.1, -0.05) is 202 Å². The third-order valence-corrected chi connectivity index (χ3v) is 17.6. The smallest absolute Gasteiger partial charge is 0.0726 e. The maximum atomic E-state index is 2.50. The Balaban J connectivity index is 0.904. The zero-order chi connectivity index (χ0) is 52.4. The van der Waals surface area contributed by atoms with E-state index in [1.165, 1.54) is 106 Å². The molecular formula is C76H53N3. The molecule has 1 aromatic heterocycles. The van der Waals surface area contributed by atoms with Gasteiger partial charge in [0.15, 0.2) is 0 Å². The first-order chi connectivity index (χ1) is 38.9. The van der Waals surface area contributed by atoms with E-state index in [9.17, 15) is 0 Å². The van der Waals surface area contributed by atoms with Gasteiger partial charge in [0.2, 0.25) is 0 Å². The van der Waals surface area contributed by atoms with Crippen LogP contribution in [-0.4, -0.2) is 4.57 Å². The van der Waals surface area contributed by atoms with Crippen molar-refractivity contribution in [2.45, 2.75) is 24.7 Å². The molecule has 13 aromatic rings. The molecule has 0 saturated heterocycles. The Kier molecular flexibility index (Phi) is 9.90. The molecule has 372 valence electrons. The van der Waals surface area contributed by atoms with Gasteiger partial charge >= 0.3 is 0 Å². The Morgan fingerprint density at radius 1 is 0.291 bits per heavy atom. The predicted octanol–water partition coefficient (Wildman–Crippen LogP) is 20.0. The van der Waals surface area contributed by atoms with Crippen LogP contribution in [0.2, 0.25) is 0 Å². The van der Waals surface area contributed by atoms with E-state index in [0.717, 1.165) is 34.0 Å². The van der Waals surface area contributed by atoms with Gasteiger partial charge in [0, 0.05) is 44.6 Å². The largest absolute Gasteiger partial charge is 0.310 e. The highest BCUT2D eigenvalue weighted by Crippen LogP contribution is 2.63. The van der Waals surface area contributed by atoms with Crippen LogP contribution in [0.5, 0.6) is 0 Å². The molecule has 1 aliphatic heterocycles. The van der Waals surface area contributed by atoms with Crippen LogP contribution in [-0.2, 0) is 10.8 Å². The van der Waals surface area contributed by atoms with Gasteiger partial charge in [-0.2, -0.15) is 0 Å². The predicted molar refractivity (Wildman–Crippen MR) is 329 cm³/mol. The Hall–Kier alpha value is -9.96. The summed E-state index contributed by atoms with van der Waals surface area (Å²) in [4.78, 5) is 4.92. The fourth-order valence-corrected chi connectivity index (χ4v) is 14.0. The molecule has 0 atom stereocenters. The molecule has 2 heterocycles. The van der Waals surface area contributed by atoms with Crippen molar-refractivity contribution in [3.63, 3.8) is 0 Å². The summed E-state index contributed by atoms with van der Waals surface area (Å²) in [5, 5.41) is 2.39. The van der Waals surface area contributed by atoms with Crippen LogP contribution in [0.4, 0.5) is 34.1 Å². The highest BCUT2D eigenvalue weighted by molar-refractivity contribution is 6.12. The molecule has 3 nitrogen and oxygen atoms in total. The van der Waals surface area contributed by atoms with Crippen LogP contribution in [0.1, 0.15) is 47.2 Å². The number of fused-ring (bicyclic) bond motifs is 15. The molecule has 0 fully saturated rings. The van der Waals surface area contributed by atoms with Crippen molar-refractivity contribution in [2.75, 3.05) is 9.80 Å². The highest BCUT2D eigenvalue weighted by atomic mass is 15.2. The SMILES string of the molecule is CC1(C)c2ccccc2N(c2ccccc2)c2ccc(-c3ccc4c(c3)c3cc(N(c5ccc(-c6ccccc6)cc5)c5ccc6c(c5)C5(c7ccccc7-c7ccccc75)c5ccccc5-6)ccc3n4-c3ccccc3)cc21. The lowest BCUT2D eigenvalue weighted by Crippen LogP contribution is -2.30. The van der Waals surface area contributed by atoms with Crippen LogP contribution in [0.3, 0.4) is 0 Å². The van der Waals surface area contributed by atoms with Gasteiger partial charge in [0.05, 0.1) is 27.8 Å². The van der Waals surface area contributed by atoms with E-state index < -0.39 is 5.41 Å². The maximum absolute atomic E-state index is 2.50. The van der Waals surface area contributed by atoms with E-state index in [0.29, 0.717) is 0 Å². The zero-order valence-electron chi connectivity index (χ0n) is 44.0. The van der Waals surface area contributed by atoms with E-state index in [1.807, 2.05) is 0 Å². The van der Waals surface area contributed by atoms with Crippen LogP contribution < -0.4 is 9.80 Å². The normalized spacial score (nSPS) is 13.9. The standard InChI is InChI=1S/C76H53N3/c1-75(2)68-32-18-19-33-73(68)79(55-24-10-5-11-25-55)74-44-37-53(47-70(74)75)52-36-43-71-63(46-52)64-48-57(41-45-72(64)78(71)54-22-8-4-9-23-54)77(56-38-34-51(35-39-56)50-20-6-3-7-21-50)58-40-42-62-61-28-14-17-31-67(61)76(69(62)49-58)65-29-15-12-26-59(65)60-27-13-16-30-66(60)76/h3-49H,1-2H3. The molecule has 0 unspecified atom stereocenters. The van der Waals surface area contributed by atoms with Crippen molar-refractivity contribution in [1.29, 1.82) is 0 Å². The minimum atomic E-state index is -0.476. The van der Waals surface area contributed by atoms with E-state index in [2.05, 4.69) is 313 Å². The number of rotatable bonds is 7. The van der Waals surface area contributed by atoms with Crippen LogP contribution in [0.15, 0.2) is 285 Å². The average molecular weight is 1010 g/mol. The summed E-state index contributed by atoms with van der Waals surface area (Å²) in [7, 11) is 0. The van der Waals surface area contributed by atoms with Gasteiger partial charge in [-0.05, 0) is 175 Å². The minimum absolute atomic E-state index is 0.233. The van der Waals surface area contributed by atoms with E-state index in [-0.39, 0.29) is 5.41 Å². The van der Waals surface area contributed by atoms with Crippen molar-refractivity contribution in [1.82, 2.24) is 4.57 Å². The molecule has 3 heteroatoms. The van der Waals surface area contributed by atoms with Gasteiger partial charge in [0.1, 0.15) is 0 Å². The van der Waals surface area contributed by atoms with E-state index >= 15 is 0 Å². The molecule has 79 heavy (non-hydrogen) atoms. The first kappa shape index (κ1) is 45.3. The van der Waals surface area contributed by atoms with Gasteiger partial charge in [0.25, 0.3) is 0 Å². The molecule has 2 aliphatic carbocycles. The fourth-order valence-electron chi connectivity index (χ4n) is 14.0. The maximum Gasteiger partial charge on any atom is 0.0726 e. The number of benzene rings is 12. The Morgan fingerprint density at radius 2 is 0.734 bits per heavy atom. The fraction of sp³-hybridized carbons (Fsp3) is 0.0526. The summed E-state index contributed by atoms with van der Waals surface area (Å²) in [5.41, 5.74) is 27.5. The molecule has 0 amide bonds. The van der Waals surface area contributed by atoms with Gasteiger partial charge in [-0.3, -0.25) is 0 Å². The Morgan fingerprint density at radius 3 is 1.39 bits per heavy atom. The van der Waals surface area contributed by atoms with Crippen molar-refractivity contribution < 1.29 is 0 Å². The summed E-state index contributed by atoms with van der Waals surface area (Å²) in [6.07, 6.45) is 0. The first-order valence-corrected chi connectivity index (χ1v) is 27.6. The molecule has 0 N–H and O–H groups in total. The number of para-hydroxylation sites is 3. The first-order valence-electron chi connectivity index (χ1n) is 27.6. The number of hydrogen-bond donors (Lipinski definition) is 0. The van der Waals surface area contributed by atoms with Crippen molar-refractivity contribution in [3.8, 4) is 50.2 Å². The number of nitrogens with zero attached hydrogens (tertiary/aromatic N) is 3. The average Bonchev–Trinajstić information content (AvgIpc) is 3.46. The van der Waals surface area contributed by atoms with Gasteiger partial charge in [-0.25, -0.2) is 0 Å².